The van der Waals surface area contributed by atoms with E-state index in [1.807, 2.05) is 92.6 Å². The number of rotatable bonds is 6. The van der Waals surface area contributed by atoms with Crippen molar-refractivity contribution in [3.63, 3.8) is 0 Å². The van der Waals surface area contributed by atoms with Gasteiger partial charge in [0.25, 0.3) is 0 Å². The molecule has 0 amide bonds. The van der Waals surface area contributed by atoms with Crippen LogP contribution in [0, 0.1) is 11.3 Å². The number of nitriles is 1. The molecule has 0 N–H and O–H groups in total. The Morgan fingerprint density at radius 1 is 0.667 bits per heavy atom. The van der Waals surface area contributed by atoms with E-state index in [1.54, 1.807) is 24.3 Å². The molecule has 3 aromatic carbocycles. The van der Waals surface area contributed by atoms with E-state index in [2.05, 4.69) is 6.07 Å². The van der Waals surface area contributed by atoms with Crippen molar-refractivity contribution in [3.8, 4) is 6.07 Å². The van der Waals surface area contributed by atoms with E-state index in [9.17, 15) is 10.1 Å². The van der Waals surface area contributed by atoms with Crippen molar-refractivity contribution in [2.24, 2.45) is 0 Å². The fourth-order valence-electron chi connectivity index (χ4n) is 3.26. The number of nitrogens with zero attached hydrogens (tertiary/aromatic N) is 3. The zero-order valence-electron chi connectivity index (χ0n) is 17.8. The van der Waals surface area contributed by atoms with Crippen molar-refractivity contribution in [1.82, 2.24) is 0 Å². The highest BCUT2D eigenvalue weighted by Crippen LogP contribution is 2.31. The first-order valence-corrected chi connectivity index (χ1v) is 9.72. The molecular formula is C26H25N3O. The predicted molar refractivity (Wildman–Crippen MR) is 124 cm³/mol. The Morgan fingerprint density at radius 2 is 1.10 bits per heavy atom. The van der Waals surface area contributed by atoms with Gasteiger partial charge in [0.2, 0.25) is 5.78 Å². The van der Waals surface area contributed by atoms with Gasteiger partial charge in [-0.15, -0.1) is 0 Å². The van der Waals surface area contributed by atoms with Crippen molar-refractivity contribution in [1.29, 1.82) is 5.26 Å². The first-order chi connectivity index (χ1) is 14.4. The van der Waals surface area contributed by atoms with Crippen LogP contribution in [0.3, 0.4) is 0 Å². The van der Waals surface area contributed by atoms with Gasteiger partial charge in [0.15, 0.2) is 0 Å². The lowest BCUT2D eigenvalue weighted by Gasteiger charge is -2.17. The van der Waals surface area contributed by atoms with Crippen LogP contribution in [0.2, 0.25) is 0 Å². The van der Waals surface area contributed by atoms with Gasteiger partial charge in [0, 0.05) is 50.7 Å². The van der Waals surface area contributed by atoms with Crippen LogP contribution in [0.15, 0.2) is 84.4 Å². The van der Waals surface area contributed by atoms with Crippen LogP contribution in [-0.4, -0.2) is 34.0 Å². The minimum Gasteiger partial charge on any atom is -0.378 e. The molecule has 3 rings (SSSR count). The van der Waals surface area contributed by atoms with Gasteiger partial charge in [0.05, 0.1) is 0 Å². The summed E-state index contributed by atoms with van der Waals surface area (Å²) in [6.45, 7) is 0. The second kappa shape index (κ2) is 9.11. The predicted octanol–water partition coefficient (Wildman–Crippen LogP) is 5.03. The zero-order chi connectivity index (χ0) is 21.7. The molecule has 0 bridgehead atoms. The molecule has 30 heavy (non-hydrogen) atoms. The molecule has 0 aliphatic rings. The zero-order valence-corrected chi connectivity index (χ0v) is 17.8. The van der Waals surface area contributed by atoms with Crippen LogP contribution in [0.5, 0.6) is 0 Å². The van der Waals surface area contributed by atoms with E-state index < -0.39 is 0 Å². The lowest BCUT2D eigenvalue weighted by Crippen LogP contribution is -2.10. The molecule has 4 nitrogen and oxygen atoms in total. The lowest BCUT2D eigenvalue weighted by molar-refractivity contribution is 0.103. The average molecular weight is 396 g/mol. The van der Waals surface area contributed by atoms with E-state index >= 15 is 0 Å². The summed E-state index contributed by atoms with van der Waals surface area (Å²) in [6, 6.07) is 26.9. The normalized spacial score (nSPS) is 10.1. The summed E-state index contributed by atoms with van der Waals surface area (Å²) in [7, 11) is 7.91. The lowest BCUT2D eigenvalue weighted by atomic mass is 9.89. The molecule has 0 saturated heterocycles. The molecule has 0 atom stereocenters. The minimum absolute atomic E-state index is 0.136. The van der Waals surface area contributed by atoms with Gasteiger partial charge >= 0.3 is 0 Å². The Hall–Kier alpha value is -3.84. The van der Waals surface area contributed by atoms with Gasteiger partial charge in [0.1, 0.15) is 11.6 Å². The monoisotopic (exact) mass is 395 g/mol. The number of carbonyl (C=O) groups is 1. The van der Waals surface area contributed by atoms with Crippen LogP contribution in [0.4, 0.5) is 11.4 Å². The van der Waals surface area contributed by atoms with Gasteiger partial charge < -0.3 is 9.80 Å². The highest BCUT2D eigenvalue weighted by atomic mass is 16.1. The summed E-state index contributed by atoms with van der Waals surface area (Å²) < 4.78 is 0. The number of ketones is 1. The number of hydrogen-bond acceptors (Lipinski definition) is 4. The summed E-state index contributed by atoms with van der Waals surface area (Å²) in [5, 5.41) is 9.99. The second-order valence-corrected chi connectivity index (χ2v) is 7.44. The summed E-state index contributed by atoms with van der Waals surface area (Å²) in [5.41, 5.74) is 5.04. The van der Waals surface area contributed by atoms with Gasteiger partial charge in [-0.2, -0.15) is 5.26 Å². The molecule has 0 fully saturated rings. The maximum Gasteiger partial charge on any atom is 0.204 e. The number of benzene rings is 3. The summed E-state index contributed by atoms with van der Waals surface area (Å²) in [4.78, 5) is 17.2. The Bertz CT molecular complexity index is 1030. The summed E-state index contributed by atoms with van der Waals surface area (Å²) in [6.07, 6.45) is 0. The van der Waals surface area contributed by atoms with E-state index in [0.717, 1.165) is 22.5 Å². The van der Waals surface area contributed by atoms with E-state index in [0.29, 0.717) is 11.1 Å². The van der Waals surface area contributed by atoms with Gasteiger partial charge in [-0.1, -0.05) is 54.6 Å². The van der Waals surface area contributed by atoms with Crippen LogP contribution in [-0.2, 0) is 0 Å². The Labute approximate surface area is 178 Å². The molecule has 150 valence electrons. The van der Waals surface area contributed by atoms with Crippen molar-refractivity contribution >= 4 is 22.7 Å². The maximum atomic E-state index is 13.2. The first-order valence-electron chi connectivity index (χ1n) is 9.72. The molecule has 0 aliphatic carbocycles. The second-order valence-electron chi connectivity index (χ2n) is 7.44. The highest BCUT2D eigenvalue weighted by Gasteiger charge is 2.20. The van der Waals surface area contributed by atoms with Gasteiger partial charge in [-0.3, -0.25) is 4.79 Å². The smallest absolute Gasteiger partial charge is 0.204 e. The SMILES string of the molecule is CN(C)c1ccc(C(=C(C#N)C(=O)c2ccccc2)c2ccc(N(C)C)cc2)cc1. The van der Waals surface area contributed by atoms with E-state index in [4.69, 9.17) is 0 Å². The molecule has 0 aliphatic heterocycles. The molecule has 0 unspecified atom stereocenters. The number of anilines is 2. The first kappa shape index (κ1) is 20.9. The van der Waals surface area contributed by atoms with Gasteiger partial charge in [-0.05, 0) is 35.4 Å². The van der Waals surface area contributed by atoms with E-state index in [1.165, 1.54) is 0 Å². The fourth-order valence-corrected chi connectivity index (χ4v) is 3.26. The van der Waals surface area contributed by atoms with Crippen molar-refractivity contribution < 1.29 is 4.79 Å². The molecule has 0 saturated carbocycles. The molecule has 0 heterocycles. The molecule has 0 spiro atoms. The summed E-state index contributed by atoms with van der Waals surface area (Å²) >= 11 is 0. The molecule has 3 aromatic rings. The largest absolute Gasteiger partial charge is 0.378 e. The molecule has 4 heteroatoms. The van der Waals surface area contributed by atoms with Gasteiger partial charge in [-0.25, -0.2) is 0 Å². The number of carbonyl (C=O) groups excluding carboxylic acids is 1. The Morgan fingerprint density at radius 3 is 1.47 bits per heavy atom. The average Bonchev–Trinajstić information content (AvgIpc) is 2.77. The van der Waals surface area contributed by atoms with Crippen LogP contribution in [0.1, 0.15) is 21.5 Å². The minimum atomic E-state index is -0.276. The number of Topliss-reactive ketones (excluding diaryl/α,β-unsaturated/α-hetero) is 1. The summed E-state index contributed by atoms with van der Waals surface area (Å²) in [5.74, 6) is -0.276. The quantitative estimate of drug-likeness (QED) is 0.334. The molecule has 0 aromatic heterocycles. The van der Waals surface area contributed by atoms with Crippen molar-refractivity contribution in [2.45, 2.75) is 0 Å². The topological polar surface area (TPSA) is 47.3 Å². The third-order valence-corrected chi connectivity index (χ3v) is 4.97. The number of allylic oxidation sites excluding steroid dienone is 1. The van der Waals surface area contributed by atoms with Crippen LogP contribution < -0.4 is 9.80 Å². The molecular weight excluding hydrogens is 370 g/mol. The van der Waals surface area contributed by atoms with Crippen molar-refractivity contribution in [3.05, 3.63) is 101 Å². The third kappa shape index (κ3) is 4.42. The van der Waals surface area contributed by atoms with Crippen molar-refractivity contribution in [2.75, 3.05) is 38.0 Å². The van der Waals surface area contributed by atoms with E-state index in [-0.39, 0.29) is 11.4 Å². The van der Waals surface area contributed by atoms with Crippen LogP contribution in [0.25, 0.3) is 5.57 Å². The Balaban J connectivity index is 2.21. The van der Waals surface area contributed by atoms with Crippen LogP contribution >= 0.6 is 0 Å². The fraction of sp³-hybridized carbons (Fsp3) is 0.154. The maximum absolute atomic E-state index is 13.2. The molecule has 0 radical (unpaired) electrons. The highest BCUT2D eigenvalue weighted by molar-refractivity contribution is 6.17. The Kier molecular flexibility index (Phi) is 6.34. The number of hydrogen-bond donors (Lipinski definition) is 0. The third-order valence-electron chi connectivity index (χ3n) is 4.97. The standard InChI is InChI=1S/C26H25N3O/c1-28(2)22-14-10-19(11-15-22)25(20-12-16-23(17-13-20)29(3)4)24(18-27)26(30)21-8-6-5-7-9-21/h5-17H,1-4H3.